The topological polar surface area (TPSA) is 106 Å². The summed E-state index contributed by atoms with van der Waals surface area (Å²) in [5.74, 6) is 0.114. The van der Waals surface area contributed by atoms with Crippen LogP contribution in [0.25, 0.3) is 0 Å². The first-order valence-electron chi connectivity index (χ1n) is 6.73. The van der Waals surface area contributed by atoms with E-state index in [-0.39, 0.29) is 37.0 Å². The van der Waals surface area contributed by atoms with Gasteiger partial charge in [0.15, 0.2) is 0 Å². The van der Waals surface area contributed by atoms with E-state index < -0.39 is 10.0 Å². The normalized spacial score (nSPS) is 18.5. The van der Waals surface area contributed by atoms with Crippen LogP contribution < -0.4 is 10.4 Å². The Morgan fingerprint density at radius 2 is 2.10 bits per heavy atom. The molecule has 1 N–H and O–H groups in total. The summed E-state index contributed by atoms with van der Waals surface area (Å²) in [5.41, 5.74) is -0.330. The molecule has 1 fully saturated rings. The Morgan fingerprint density at radius 3 is 2.71 bits per heavy atom. The number of nitrogens with zero attached hydrogens (tertiary/aromatic N) is 4. The second kappa shape index (κ2) is 5.98. The number of rotatable bonds is 3. The summed E-state index contributed by atoms with van der Waals surface area (Å²) in [4.78, 5) is 25.6. The molecule has 0 saturated carbocycles. The molecule has 10 heteroatoms. The predicted octanol–water partition coefficient (Wildman–Crippen LogP) is -1.87. The van der Waals surface area contributed by atoms with E-state index in [1.165, 1.54) is 9.47 Å². The van der Waals surface area contributed by atoms with Gasteiger partial charge in [0.2, 0.25) is 15.9 Å². The minimum Gasteiger partial charge on any atom is -0.339 e. The molecule has 1 aliphatic heterocycles. The first-order valence-corrected chi connectivity index (χ1v) is 8.38. The minimum absolute atomic E-state index is 0.121. The van der Waals surface area contributed by atoms with Crippen molar-refractivity contribution in [1.82, 2.24) is 24.0 Å². The second-order valence-electron chi connectivity index (χ2n) is 4.83. The van der Waals surface area contributed by atoms with Gasteiger partial charge in [0, 0.05) is 26.2 Å². The molecule has 2 heterocycles. The van der Waals surface area contributed by atoms with Crippen LogP contribution in [0.5, 0.6) is 0 Å². The number of sulfonamides is 1. The summed E-state index contributed by atoms with van der Waals surface area (Å²) in [7, 11) is -3.31. The van der Waals surface area contributed by atoms with Crippen LogP contribution >= 0.6 is 0 Å². The summed E-state index contributed by atoms with van der Waals surface area (Å²) >= 11 is 0. The Kier molecular flexibility index (Phi) is 4.47. The van der Waals surface area contributed by atoms with E-state index in [1.807, 2.05) is 6.92 Å². The number of carbonyl (C=O) groups is 1. The Labute approximate surface area is 122 Å². The van der Waals surface area contributed by atoms with Crippen LogP contribution in [-0.2, 0) is 27.9 Å². The molecular weight excluding hydrogens is 298 g/mol. The lowest BCUT2D eigenvalue weighted by Crippen LogP contribution is -2.39. The number of amides is 1. The number of aromatic nitrogens is 3. The highest BCUT2D eigenvalue weighted by Gasteiger charge is 2.23. The number of aryl methyl sites for hydroxylation is 1. The fraction of sp³-hybridized carbons (Fsp3) is 0.727. The number of hydrogen-bond donors (Lipinski definition) is 1. The van der Waals surface area contributed by atoms with Gasteiger partial charge >= 0.3 is 5.69 Å². The highest BCUT2D eigenvalue weighted by molar-refractivity contribution is 7.89. The van der Waals surface area contributed by atoms with Gasteiger partial charge in [-0.25, -0.2) is 22.6 Å². The van der Waals surface area contributed by atoms with E-state index in [4.69, 9.17) is 0 Å². The molecule has 2 rings (SSSR count). The second-order valence-corrected chi connectivity index (χ2v) is 6.75. The maximum atomic E-state index is 12.2. The molecule has 1 amide bonds. The van der Waals surface area contributed by atoms with Crippen LogP contribution in [0.4, 0.5) is 0 Å². The molecule has 21 heavy (non-hydrogen) atoms. The van der Waals surface area contributed by atoms with Crippen LogP contribution in [0.1, 0.15) is 12.7 Å². The minimum atomic E-state index is -3.31. The Morgan fingerprint density at radius 1 is 1.38 bits per heavy atom. The molecule has 118 valence electrons. The average Bonchev–Trinajstić information content (AvgIpc) is 2.57. The van der Waals surface area contributed by atoms with Crippen molar-refractivity contribution < 1.29 is 13.2 Å². The number of carbonyl (C=O) groups excluding carboxylic acids is 1. The van der Waals surface area contributed by atoms with Gasteiger partial charge in [-0.15, -0.1) is 0 Å². The first-order chi connectivity index (χ1) is 9.84. The van der Waals surface area contributed by atoms with Gasteiger partial charge < -0.3 is 4.90 Å². The highest BCUT2D eigenvalue weighted by Crippen LogP contribution is 1.99. The molecule has 0 aromatic carbocycles. The maximum Gasteiger partial charge on any atom is 0.346 e. The Bertz CT molecular complexity index is 690. The monoisotopic (exact) mass is 317 g/mol. The van der Waals surface area contributed by atoms with E-state index in [2.05, 4.69) is 9.82 Å². The van der Waals surface area contributed by atoms with Crippen molar-refractivity contribution in [2.45, 2.75) is 26.9 Å². The SMILES string of the molecule is CCn1c(C)nn(CC(=O)N2CCNS(=O)(=O)CC2)c1=O. The number of nitrogens with one attached hydrogen (secondary N) is 1. The van der Waals surface area contributed by atoms with Crippen LogP contribution in [0.2, 0.25) is 0 Å². The fourth-order valence-corrected chi connectivity index (χ4v) is 3.25. The van der Waals surface area contributed by atoms with Crippen molar-refractivity contribution in [1.29, 1.82) is 0 Å². The van der Waals surface area contributed by atoms with Crippen LogP contribution in [0.3, 0.4) is 0 Å². The van der Waals surface area contributed by atoms with Crippen molar-refractivity contribution in [3.63, 3.8) is 0 Å². The Balaban J connectivity index is 2.10. The van der Waals surface area contributed by atoms with Crippen molar-refractivity contribution >= 4 is 15.9 Å². The van der Waals surface area contributed by atoms with Gasteiger partial charge in [0.1, 0.15) is 12.4 Å². The zero-order valence-electron chi connectivity index (χ0n) is 12.1. The molecule has 0 spiro atoms. The molecule has 1 aliphatic rings. The zero-order chi connectivity index (χ0) is 15.6. The molecule has 0 aliphatic carbocycles. The van der Waals surface area contributed by atoms with Crippen molar-refractivity contribution in [3.8, 4) is 0 Å². The highest BCUT2D eigenvalue weighted by atomic mass is 32.2. The van der Waals surface area contributed by atoms with E-state index in [1.54, 1.807) is 6.92 Å². The summed E-state index contributed by atoms with van der Waals surface area (Å²) in [6, 6.07) is 0. The molecule has 1 aromatic rings. The zero-order valence-corrected chi connectivity index (χ0v) is 12.9. The lowest BCUT2D eigenvalue weighted by atomic mass is 10.4. The summed E-state index contributed by atoms with van der Waals surface area (Å²) in [5, 5.41) is 4.05. The van der Waals surface area contributed by atoms with Gasteiger partial charge in [0.05, 0.1) is 5.75 Å². The third-order valence-corrected chi connectivity index (χ3v) is 4.76. The fourth-order valence-electron chi connectivity index (χ4n) is 2.24. The van der Waals surface area contributed by atoms with Gasteiger partial charge in [0.25, 0.3) is 0 Å². The van der Waals surface area contributed by atoms with Crippen molar-refractivity contribution in [2.75, 3.05) is 25.4 Å². The van der Waals surface area contributed by atoms with Crippen LogP contribution in [-0.4, -0.2) is 59.0 Å². The average molecular weight is 317 g/mol. The van der Waals surface area contributed by atoms with E-state index in [0.29, 0.717) is 18.9 Å². The van der Waals surface area contributed by atoms with E-state index >= 15 is 0 Å². The molecule has 1 aromatic heterocycles. The quantitative estimate of drug-likeness (QED) is 0.703. The predicted molar refractivity (Wildman–Crippen MR) is 75.3 cm³/mol. The van der Waals surface area contributed by atoms with Gasteiger partial charge in [-0.3, -0.25) is 9.36 Å². The largest absolute Gasteiger partial charge is 0.346 e. The molecule has 0 unspecified atom stereocenters. The van der Waals surface area contributed by atoms with Crippen molar-refractivity contribution in [3.05, 3.63) is 16.3 Å². The molecule has 0 atom stereocenters. The lowest BCUT2D eigenvalue weighted by Gasteiger charge is -2.18. The lowest BCUT2D eigenvalue weighted by molar-refractivity contribution is -0.131. The standard InChI is InChI=1S/C11H19N5O4S/c1-3-15-9(2)13-16(11(15)18)8-10(17)14-5-4-12-21(19,20)7-6-14/h12H,3-8H2,1-2H3. The molecule has 0 bridgehead atoms. The van der Waals surface area contributed by atoms with Gasteiger partial charge in [-0.1, -0.05) is 0 Å². The number of hydrogen-bond acceptors (Lipinski definition) is 5. The van der Waals surface area contributed by atoms with E-state index in [9.17, 15) is 18.0 Å². The van der Waals surface area contributed by atoms with Crippen LogP contribution in [0.15, 0.2) is 4.79 Å². The first kappa shape index (κ1) is 15.7. The third-order valence-electron chi connectivity index (χ3n) is 3.40. The van der Waals surface area contributed by atoms with Gasteiger partial charge in [-0.05, 0) is 13.8 Å². The molecular formula is C11H19N5O4S. The molecule has 1 saturated heterocycles. The van der Waals surface area contributed by atoms with E-state index in [0.717, 1.165) is 4.68 Å². The molecule has 0 radical (unpaired) electrons. The van der Waals surface area contributed by atoms with Gasteiger partial charge in [-0.2, -0.15) is 5.10 Å². The summed E-state index contributed by atoms with van der Waals surface area (Å²) in [6.45, 7) is 4.45. The smallest absolute Gasteiger partial charge is 0.339 e. The summed E-state index contributed by atoms with van der Waals surface area (Å²) < 4.78 is 27.8. The van der Waals surface area contributed by atoms with Crippen molar-refractivity contribution in [2.24, 2.45) is 0 Å². The maximum absolute atomic E-state index is 12.2. The third kappa shape index (κ3) is 3.50. The van der Waals surface area contributed by atoms with Crippen LogP contribution in [0, 0.1) is 6.92 Å². The molecule has 9 nitrogen and oxygen atoms in total. The summed E-state index contributed by atoms with van der Waals surface area (Å²) in [6.07, 6.45) is 0. The Hall–Kier alpha value is -1.68.